The average Bonchev–Trinajstić information content (AvgIpc) is 3.16. The topological polar surface area (TPSA) is 58.2 Å². The van der Waals surface area contributed by atoms with E-state index in [-0.39, 0.29) is 18.5 Å². The molecule has 1 aliphatic carbocycles. The third-order valence-corrected chi connectivity index (χ3v) is 6.92. The second-order valence-electron chi connectivity index (χ2n) is 7.28. The fourth-order valence-electron chi connectivity index (χ4n) is 4.10. The Kier molecular flexibility index (Phi) is 4.66. The minimum atomic E-state index is -3.53. The lowest BCUT2D eigenvalue weighted by Gasteiger charge is -2.37. The molecule has 2 aromatic rings. The molecule has 0 fully saturated rings. The van der Waals surface area contributed by atoms with Gasteiger partial charge in [0.15, 0.2) is 0 Å². The van der Waals surface area contributed by atoms with Gasteiger partial charge in [-0.05, 0) is 48.6 Å². The van der Waals surface area contributed by atoms with E-state index in [0.717, 1.165) is 17.7 Å². The molecule has 2 aromatic carbocycles. The third-order valence-electron chi connectivity index (χ3n) is 5.50. The summed E-state index contributed by atoms with van der Waals surface area (Å²) in [6.07, 6.45) is 6.96. The van der Waals surface area contributed by atoms with Crippen LogP contribution in [0.1, 0.15) is 35.1 Å². The Morgan fingerprint density at radius 3 is 2.74 bits per heavy atom. The Bertz CT molecular complexity index is 993. The molecule has 4 rings (SSSR count). The first-order valence-corrected chi connectivity index (χ1v) is 10.7. The van der Waals surface area contributed by atoms with Crippen LogP contribution in [0.3, 0.4) is 0 Å². The fraction of sp³-hybridized carbons (Fsp3) is 0.273. The molecule has 4 nitrogen and oxygen atoms in total. The van der Waals surface area contributed by atoms with Gasteiger partial charge in [-0.3, -0.25) is 0 Å². The van der Waals surface area contributed by atoms with Crippen molar-refractivity contribution in [3.05, 3.63) is 84.0 Å². The van der Waals surface area contributed by atoms with Crippen molar-refractivity contribution >= 4 is 15.7 Å². The summed E-state index contributed by atoms with van der Waals surface area (Å²) >= 11 is 0. The molecule has 0 aromatic heterocycles. The Morgan fingerprint density at radius 2 is 2.00 bits per heavy atom. The van der Waals surface area contributed by atoms with Crippen LogP contribution in [-0.4, -0.2) is 15.0 Å². The van der Waals surface area contributed by atoms with Gasteiger partial charge in [-0.25, -0.2) is 13.1 Å². The smallest absolute Gasteiger partial charge is 0.240 e. The van der Waals surface area contributed by atoms with Gasteiger partial charge in [-0.2, -0.15) is 0 Å². The molecule has 2 aliphatic rings. The highest BCUT2D eigenvalue weighted by Crippen LogP contribution is 2.50. The van der Waals surface area contributed by atoms with E-state index in [4.69, 9.17) is 0 Å². The molecule has 1 heterocycles. The lowest BCUT2D eigenvalue weighted by molar-refractivity contribution is 0.425. The van der Waals surface area contributed by atoms with E-state index >= 15 is 0 Å². The van der Waals surface area contributed by atoms with Crippen LogP contribution < -0.4 is 10.0 Å². The SMILES string of the molecule is C=CCNS(=O)(=O)c1ccc2c(c1)C1C=CCC1C(c1ccc(C)cc1)N2. The number of sulfonamides is 1. The number of nitrogens with one attached hydrogen (secondary N) is 2. The molecule has 1 aliphatic heterocycles. The van der Waals surface area contributed by atoms with E-state index in [1.165, 1.54) is 11.1 Å². The zero-order chi connectivity index (χ0) is 19.0. The van der Waals surface area contributed by atoms with Crippen LogP contribution in [0.25, 0.3) is 0 Å². The number of allylic oxidation sites excluding steroid dienone is 2. The third kappa shape index (κ3) is 3.33. The Balaban J connectivity index is 1.71. The van der Waals surface area contributed by atoms with Gasteiger partial charge in [0.25, 0.3) is 0 Å². The zero-order valence-corrected chi connectivity index (χ0v) is 16.2. The van der Waals surface area contributed by atoms with Crippen LogP contribution in [0.5, 0.6) is 0 Å². The molecular weight excluding hydrogens is 356 g/mol. The summed E-state index contributed by atoms with van der Waals surface area (Å²) in [4.78, 5) is 0.303. The van der Waals surface area contributed by atoms with Crippen LogP contribution in [0, 0.1) is 12.8 Å². The highest BCUT2D eigenvalue weighted by atomic mass is 32.2. The predicted octanol–water partition coefficient (Wildman–Crippen LogP) is 4.29. The summed E-state index contributed by atoms with van der Waals surface area (Å²) in [7, 11) is -3.53. The first-order chi connectivity index (χ1) is 13.0. The minimum absolute atomic E-state index is 0.221. The number of anilines is 1. The van der Waals surface area contributed by atoms with Gasteiger partial charge in [-0.15, -0.1) is 6.58 Å². The maximum absolute atomic E-state index is 12.5. The maximum atomic E-state index is 12.5. The Morgan fingerprint density at radius 1 is 1.22 bits per heavy atom. The maximum Gasteiger partial charge on any atom is 0.240 e. The summed E-state index contributed by atoms with van der Waals surface area (Å²) < 4.78 is 27.5. The first kappa shape index (κ1) is 18.0. The Labute approximate surface area is 161 Å². The zero-order valence-electron chi connectivity index (χ0n) is 15.4. The van der Waals surface area contributed by atoms with Crippen LogP contribution in [0.15, 0.2) is 72.2 Å². The lowest BCUT2D eigenvalue weighted by atomic mass is 9.77. The molecule has 27 heavy (non-hydrogen) atoms. The second-order valence-corrected chi connectivity index (χ2v) is 9.04. The van der Waals surface area contributed by atoms with Crippen molar-refractivity contribution in [2.24, 2.45) is 5.92 Å². The van der Waals surface area contributed by atoms with Gasteiger partial charge in [0.2, 0.25) is 10.0 Å². The summed E-state index contributed by atoms with van der Waals surface area (Å²) in [5.41, 5.74) is 4.59. The van der Waals surface area contributed by atoms with Crippen LogP contribution in [0.4, 0.5) is 5.69 Å². The first-order valence-electron chi connectivity index (χ1n) is 9.24. The van der Waals surface area contributed by atoms with Crippen molar-refractivity contribution in [1.82, 2.24) is 4.72 Å². The van der Waals surface area contributed by atoms with Gasteiger partial charge < -0.3 is 5.32 Å². The number of hydrogen-bond donors (Lipinski definition) is 2. The van der Waals surface area contributed by atoms with Crippen molar-refractivity contribution < 1.29 is 8.42 Å². The molecule has 0 saturated carbocycles. The molecule has 2 N–H and O–H groups in total. The Hall–Kier alpha value is -2.37. The number of aryl methyl sites for hydroxylation is 1. The van der Waals surface area contributed by atoms with E-state index in [2.05, 4.69) is 60.0 Å². The van der Waals surface area contributed by atoms with E-state index in [1.807, 2.05) is 12.1 Å². The van der Waals surface area contributed by atoms with Crippen LogP contribution in [-0.2, 0) is 10.0 Å². The average molecular weight is 381 g/mol. The lowest BCUT2D eigenvalue weighted by Crippen LogP contribution is -2.30. The normalized spacial score (nSPS) is 23.4. The molecule has 3 unspecified atom stereocenters. The summed E-state index contributed by atoms with van der Waals surface area (Å²) in [6, 6.07) is 14.3. The molecular formula is C22H24N2O2S. The van der Waals surface area contributed by atoms with Crippen molar-refractivity contribution in [1.29, 1.82) is 0 Å². The second kappa shape index (κ2) is 6.98. The van der Waals surface area contributed by atoms with Crippen LogP contribution >= 0.6 is 0 Å². The van der Waals surface area contributed by atoms with Gasteiger partial charge in [0.1, 0.15) is 0 Å². The number of hydrogen-bond acceptors (Lipinski definition) is 3. The van der Waals surface area contributed by atoms with Crippen molar-refractivity contribution in [3.8, 4) is 0 Å². The van der Waals surface area contributed by atoms with E-state index in [0.29, 0.717) is 10.8 Å². The molecule has 0 spiro atoms. The number of fused-ring (bicyclic) bond motifs is 3. The summed E-state index contributed by atoms with van der Waals surface area (Å²) in [5.74, 6) is 0.612. The highest BCUT2D eigenvalue weighted by molar-refractivity contribution is 7.89. The monoisotopic (exact) mass is 380 g/mol. The van der Waals surface area contributed by atoms with E-state index in [1.54, 1.807) is 12.1 Å². The van der Waals surface area contributed by atoms with E-state index in [9.17, 15) is 8.42 Å². The quantitative estimate of drug-likeness (QED) is 0.761. The molecule has 0 bridgehead atoms. The molecule has 140 valence electrons. The van der Waals surface area contributed by atoms with Crippen molar-refractivity contribution in [2.75, 3.05) is 11.9 Å². The van der Waals surface area contributed by atoms with E-state index < -0.39 is 10.0 Å². The van der Waals surface area contributed by atoms with Crippen LogP contribution in [0.2, 0.25) is 0 Å². The molecule has 0 amide bonds. The van der Waals surface area contributed by atoms with Crippen molar-refractivity contribution in [3.63, 3.8) is 0 Å². The van der Waals surface area contributed by atoms with Crippen molar-refractivity contribution in [2.45, 2.75) is 30.2 Å². The highest BCUT2D eigenvalue weighted by Gasteiger charge is 2.38. The number of rotatable bonds is 5. The molecule has 5 heteroatoms. The molecule has 0 saturated heterocycles. The predicted molar refractivity (Wildman–Crippen MR) is 109 cm³/mol. The van der Waals surface area contributed by atoms with Gasteiger partial charge in [0, 0.05) is 18.2 Å². The molecule has 3 atom stereocenters. The largest absolute Gasteiger partial charge is 0.378 e. The fourth-order valence-corrected chi connectivity index (χ4v) is 5.13. The minimum Gasteiger partial charge on any atom is -0.378 e. The summed E-state index contributed by atoms with van der Waals surface area (Å²) in [6.45, 7) is 5.88. The standard InChI is InChI=1S/C22H24N2O2S/c1-3-13-23-27(25,26)17-11-12-21-20(14-17)18-5-4-6-19(18)22(24-21)16-9-7-15(2)8-10-16/h3-5,7-12,14,18-19,22-24H,1,6,13H2,2H3. The molecule has 0 radical (unpaired) electrons. The van der Waals surface area contributed by atoms with Gasteiger partial charge >= 0.3 is 0 Å². The number of benzene rings is 2. The van der Waals surface area contributed by atoms with Gasteiger partial charge in [-0.1, -0.05) is 48.1 Å². The van der Waals surface area contributed by atoms with Gasteiger partial charge in [0.05, 0.1) is 10.9 Å². The summed E-state index contributed by atoms with van der Waals surface area (Å²) in [5, 5.41) is 3.65.